The van der Waals surface area contributed by atoms with Crippen LogP contribution in [0, 0.1) is 12.7 Å². The average molecular weight is 303 g/mol. The van der Waals surface area contributed by atoms with Crippen molar-refractivity contribution in [2.75, 3.05) is 5.32 Å². The molecule has 6 heteroatoms. The average Bonchev–Trinajstić information content (AvgIpc) is 2.91. The van der Waals surface area contributed by atoms with E-state index in [9.17, 15) is 14.0 Å². The first-order valence-corrected chi connectivity index (χ1v) is 6.85. The van der Waals surface area contributed by atoms with Gasteiger partial charge in [-0.2, -0.15) is 5.10 Å². The van der Waals surface area contributed by atoms with Crippen LogP contribution in [0.25, 0.3) is 0 Å². The summed E-state index contributed by atoms with van der Waals surface area (Å²) in [6.45, 7) is 7.42. The molecule has 0 unspecified atom stereocenters. The van der Waals surface area contributed by atoms with Gasteiger partial charge in [-0.25, -0.2) is 4.39 Å². The molecule has 116 valence electrons. The smallest absolute Gasteiger partial charge is 0.296 e. The van der Waals surface area contributed by atoms with E-state index >= 15 is 0 Å². The van der Waals surface area contributed by atoms with Crippen molar-refractivity contribution in [3.05, 3.63) is 47.5 Å². The minimum Gasteiger partial charge on any atom is -0.319 e. The number of carbonyl (C=O) groups is 2. The second-order valence-electron chi connectivity index (χ2n) is 6.09. The number of amides is 1. The molecule has 1 aromatic carbocycles. The number of carbonyl (C=O) groups excluding carboxylic acids is 2. The molecule has 0 aliphatic rings. The van der Waals surface area contributed by atoms with Gasteiger partial charge in [-0.3, -0.25) is 14.3 Å². The van der Waals surface area contributed by atoms with Gasteiger partial charge in [-0.1, -0.05) is 6.07 Å². The van der Waals surface area contributed by atoms with Crippen molar-refractivity contribution in [2.45, 2.75) is 33.2 Å². The van der Waals surface area contributed by atoms with Gasteiger partial charge in [-0.05, 0) is 45.4 Å². The lowest BCUT2D eigenvalue weighted by Gasteiger charge is -2.18. The van der Waals surface area contributed by atoms with Gasteiger partial charge >= 0.3 is 0 Å². The fourth-order valence-electron chi connectivity index (χ4n) is 1.80. The van der Waals surface area contributed by atoms with E-state index in [2.05, 4.69) is 10.4 Å². The summed E-state index contributed by atoms with van der Waals surface area (Å²) < 4.78 is 15.0. The monoisotopic (exact) mass is 303 g/mol. The van der Waals surface area contributed by atoms with Gasteiger partial charge in [0, 0.05) is 11.9 Å². The summed E-state index contributed by atoms with van der Waals surface area (Å²) >= 11 is 0. The topological polar surface area (TPSA) is 64.0 Å². The minimum absolute atomic E-state index is 0.194. The maximum Gasteiger partial charge on any atom is 0.296 e. The Morgan fingerprint density at radius 3 is 2.50 bits per heavy atom. The normalized spacial score (nSPS) is 11.3. The molecule has 1 amide bonds. The van der Waals surface area contributed by atoms with E-state index in [0.29, 0.717) is 5.56 Å². The maximum absolute atomic E-state index is 13.4. The zero-order chi connectivity index (χ0) is 16.5. The lowest BCUT2D eigenvalue weighted by Crippen LogP contribution is -2.24. The zero-order valence-electron chi connectivity index (χ0n) is 13.0. The van der Waals surface area contributed by atoms with Crippen molar-refractivity contribution in [1.82, 2.24) is 9.78 Å². The lowest BCUT2D eigenvalue weighted by atomic mass is 10.1. The van der Waals surface area contributed by atoms with Gasteiger partial charge in [0.05, 0.1) is 17.3 Å². The molecule has 0 aliphatic carbocycles. The van der Waals surface area contributed by atoms with E-state index in [1.165, 1.54) is 24.5 Å². The third kappa shape index (κ3) is 3.39. The molecule has 2 aromatic rings. The number of nitrogens with zero attached hydrogens (tertiary/aromatic N) is 2. The van der Waals surface area contributed by atoms with Crippen molar-refractivity contribution in [2.24, 2.45) is 0 Å². The molecule has 0 aliphatic heterocycles. The van der Waals surface area contributed by atoms with Crippen LogP contribution in [-0.4, -0.2) is 21.5 Å². The number of halogens is 1. The van der Waals surface area contributed by atoms with Crippen molar-refractivity contribution in [1.29, 1.82) is 0 Å². The number of aromatic nitrogens is 2. The first kappa shape index (κ1) is 15.9. The van der Waals surface area contributed by atoms with Gasteiger partial charge in [0.1, 0.15) is 5.82 Å². The molecular formula is C16H18FN3O2. The Morgan fingerprint density at radius 1 is 1.27 bits per heavy atom. The van der Waals surface area contributed by atoms with E-state index in [1.807, 2.05) is 20.8 Å². The van der Waals surface area contributed by atoms with Crippen molar-refractivity contribution >= 4 is 17.4 Å². The molecule has 0 saturated carbocycles. The number of hydrogen-bond donors (Lipinski definition) is 1. The van der Waals surface area contributed by atoms with Gasteiger partial charge in [-0.15, -0.1) is 0 Å². The molecule has 0 fully saturated rings. The van der Waals surface area contributed by atoms with E-state index in [1.54, 1.807) is 17.7 Å². The summed E-state index contributed by atoms with van der Waals surface area (Å²) in [5.74, 6) is -1.97. The Balaban J connectivity index is 2.14. The molecule has 22 heavy (non-hydrogen) atoms. The second kappa shape index (κ2) is 5.71. The van der Waals surface area contributed by atoms with E-state index < -0.39 is 17.5 Å². The van der Waals surface area contributed by atoms with Crippen LogP contribution in [-0.2, 0) is 10.3 Å². The predicted molar refractivity (Wildman–Crippen MR) is 81.3 cm³/mol. The van der Waals surface area contributed by atoms with E-state index in [-0.39, 0.29) is 16.8 Å². The Bertz CT molecular complexity index is 729. The summed E-state index contributed by atoms with van der Waals surface area (Å²) in [7, 11) is 0. The largest absolute Gasteiger partial charge is 0.319 e. The summed E-state index contributed by atoms with van der Waals surface area (Å²) in [5, 5.41) is 6.47. The second-order valence-corrected chi connectivity index (χ2v) is 6.09. The number of nitrogens with one attached hydrogen (secondary N) is 1. The summed E-state index contributed by atoms with van der Waals surface area (Å²) in [6, 6.07) is 4.26. The van der Waals surface area contributed by atoms with Crippen molar-refractivity contribution < 1.29 is 14.0 Å². The Kier molecular flexibility index (Phi) is 4.12. The molecule has 0 radical (unpaired) electrons. The van der Waals surface area contributed by atoms with Crippen LogP contribution in [0.3, 0.4) is 0 Å². The molecule has 0 bridgehead atoms. The highest BCUT2D eigenvalue weighted by molar-refractivity contribution is 6.46. The van der Waals surface area contributed by atoms with Crippen molar-refractivity contribution in [3.8, 4) is 0 Å². The standard InChI is InChI=1S/C16H18FN3O2/c1-10-5-6-12(7-13(10)17)19-15(22)14(21)11-8-18-20(9-11)16(2,3)4/h5-9H,1-4H3,(H,19,22). The highest BCUT2D eigenvalue weighted by Gasteiger charge is 2.21. The zero-order valence-corrected chi connectivity index (χ0v) is 13.0. The molecule has 0 atom stereocenters. The first-order valence-electron chi connectivity index (χ1n) is 6.85. The van der Waals surface area contributed by atoms with E-state index in [4.69, 9.17) is 0 Å². The molecule has 2 rings (SSSR count). The van der Waals surface area contributed by atoms with E-state index in [0.717, 1.165) is 0 Å². The van der Waals surface area contributed by atoms with Gasteiger partial charge in [0.15, 0.2) is 0 Å². The number of anilines is 1. The number of aryl methyl sites for hydroxylation is 1. The van der Waals surface area contributed by atoms with Gasteiger partial charge < -0.3 is 5.32 Å². The quantitative estimate of drug-likeness (QED) is 0.700. The summed E-state index contributed by atoms with van der Waals surface area (Å²) in [6.07, 6.45) is 2.88. The molecule has 1 aromatic heterocycles. The van der Waals surface area contributed by atoms with Crippen LogP contribution in [0.4, 0.5) is 10.1 Å². The fourth-order valence-corrected chi connectivity index (χ4v) is 1.80. The van der Waals surface area contributed by atoms with Crippen LogP contribution < -0.4 is 5.32 Å². The van der Waals surface area contributed by atoms with Crippen LogP contribution in [0.2, 0.25) is 0 Å². The Hall–Kier alpha value is -2.50. The highest BCUT2D eigenvalue weighted by atomic mass is 19.1. The fraction of sp³-hybridized carbons (Fsp3) is 0.312. The van der Waals surface area contributed by atoms with Gasteiger partial charge in [0.2, 0.25) is 0 Å². The molecule has 1 N–H and O–H groups in total. The van der Waals surface area contributed by atoms with Crippen LogP contribution in [0.15, 0.2) is 30.6 Å². The number of Topliss-reactive ketones (excluding diaryl/α,β-unsaturated/α-hetero) is 1. The Labute approximate surface area is 128 Å². The third-order valence-corrected chi connectivity index (χ3v) is 3.17. The number of benzene rings is 1. The van der Waals surface area contributed by atoms with Crippen LogP contribution in [0.5, 0.6) is 0 Å². The first-order chi connectivity index (χ1) is 10.2. The SMILES string of the molecule is Cc1ccc(NC(=O)C(=O)c2cnn(C(C)(C)C)c2)cc1F. The molecule has 1 heterocycles. The van der Waals surface area contributed by atoms with Crippen molar-refractivity contribution in [3.63, 3.8) is 0 Å². The molecule has 0 spiro atoms. The molecule has 5 nitrogen and oxygen atoms in total. The van der Waals surface area contributed by atoms with Crippen LogP contribution in [0.1, 0.15) is 36.7 Å². The number of rotatable bonds is 3. The van der Waals surface area contributed by atoms with Gasteiger partial charge in [0.25, 0.3) is 11.7 Å². The Morgan fingerprint density at radius 2 is 1.95 bits per heavy atom. The third-order valence-electron chi connectivity index (χ3n) is 3.17. The minimum atomic E-state index is -0.822. The highest BCUT2D eigenvalue weighted by Crippen LogP contribution is 2.16. The molecular weight excluding hydrogens is 285 g/mol. The lowest BCUT2D eigenvalue weighted by molar-refractivity contribution is -0.112. The van der Waals surface area contributed by atoms with Crippen LogP contribution >= 0.6 is 0 Å². The predicted octanol–water partition coefficient (Wildman–Crippen LogP) is 2.91. The summed E-state index contributed by atoms with van der Waals surface area (Å²) in [5.41, 5.74) is 0.621. The number of hydrogen-bond acceptors (Lipinski definition) is 3. The maximum atomic E-state index is 13.4. The summed E-state index contributed by atoms with van der Waals surface area (Å²) in [4.78, 5) is 24.0. The number of ketones is 1. The molecule has 0 saturated heterocycles.